The summed E-state index contributed by atoms with van der Waals surface area (Å²) in [6, 6.07) is 8.52. The predicted octanol–water partition coefficient (Wildman–Crippen LogP) is 4.65. The third-order valence-corrected chi connectivity index (χ3v) is 8.04. The Kier molecular flexibility index (Phi) is 6.47. The van der Waals surface area contributed by atoms with Gasteiger partial charge in [0.25, 0.3) is 5.91 Å². The van der Waals surface area contributed by atoms with Gasteiger partial charge >= 0.3 is 0 Å². The molecule has 0 spiro atoms. The first kappa shape index (κ1) is 22.7. The summed E-state index contributed by atoms with van der Waals surface area (Å²) in [7, 11) is -2.31. The number of aromatic nitrogens is 1. The number of ether oxygens (including phenoxy) is 1. The summed E-state index contributed by atoms with van der Waals surface area (Å²) in [5.41, 5.74) is 1.03. The van der Waals surface area contributed by atoms with E-state index < -0.39 is 21.7 Å². The number of halogens is 2. The van der Waals surface area contributed by atoms with Gasteiger partial charge in [-0.3, -0.25) is 10.1 Å². The van der Waals surface area contributed by atoms with E-state index in [1.807, 2.05) is 0 Å². The fraction of sp³-hybridized carbons (Fsp3) is 0.238. The molecule has 2 heterocycles. The Morgan fingerprint density at radius 1 is 1.22 bits per heavy atom. The van der Waals surface area contributed by atoms with Crippen molar-refractivity contribution < 1.29 is 22.3 Å². The number of hydrogen-bond acceptors (Lipinski definition) is 6. The van der Waals surface area contributed by atoms with Crippen LogP contribution in [0.3, 0.4) is 0 Å². The van der Waals surface area contributed by atoms with E-state index in [2.05, 4.69) is 10.3 Å². The summed E-state index contributed by atoms with van der Waals surface area (Å²) in [6.07, 6.45) is 1.62. The standard InChI is InChI=1S/C21H19ClFN3O4S2/c1-30-19-7-4-13(10-17(19)23)18-12-31-21(24-18)25-20(27)15-11-14(5-6-16(15)22)32(28,29)26-8-2-3-9-26/h4-7,10-12H,2-3,8-9H2,1H3,(H,24,25,27). The molecule has 32 heavy (non-hydrogen) atoms. The van der Waals surface area contributed by atoms with Gasteiger partial charge in [-0.1, -0.05) is 11.6 Å². The molecule has 3 aromatic rings. The number of carbonyl (C=O) groups is 1. The fourth-order valence-corrected chi connectivity index (χ4v) is 5.83. The molecule has 0 unspecified atom stereocenters. The van der Waals surface area contributed by atoms with Crippen molar-refractivity contribution in [3.63, 3.8) is 0 Å². The molecule has 1 aliphatic heterocycles. The Hall–Kier alpha value is -2.53. The topological polar surface area (TPSA) is 88.6 Å². The molecule has 1 N–H and O–H groups in total. The normalized spacial score (nSPS) is 14.5. The van der Waals surface area contributed by atoms with Gasteiger partial charge < -0.3 is 4.74 Å². The SMILES string of the molecule is COc1ccc(-c2csc(NC(=O)c3cc(S(=O)(=O)N4CCCC4)ccc3Cl)n2)cc1F. The van der Waals surface area contributed by atoms with Gasteiger partial charge in [-0.2, -0.15) is 4.31 Å². The van der Waals surface area contributed by atoms with Crippen LogP contribution in [0.25, 0.3) is 11.3 Å². The van der Waals surface area contributed by atoms with Gasteiger partial charge in [-0.25, -0.2) is 17.8 Å². The first-order valence-electron chi connectivity index (χ1n) is 9.70. The van der Waals surface area contributed by atoms with Crippen molar-refractivity contribution in [3.8, 4) is 17.0 Å². The summed E-state index contributed by atoms with van der Waals surface area (Å²) in [6.45, 7) is 0.917. The van der Waals surface area contributed by atoms with Crippen molar-refractivity contribution in [1.29, 1.82) is 0 Å². The lowest BCUT2D eigenvalue weighted by Gasteiger charge is -2.16. The third kappa shape index (κ3) is 4.49. The molecule has 1 aromatic heterocycles. The fourth-order valence-electron chi connectivity index (χ4n) is 3.37. The summed E-state index contributed by atoms with van der Waals surface area (Å²) >= 11 is 7.33. The number of rotatable bonds is 6. The van der Waals surface area contributed by atoms with E-state index >= 15 is 0 Å². The Morgan fingerprint density at radius 3 is 2.66 bits per heavy atom. The zero-order valence-corrected chi connectivity index (χ0v) is 19.4. The number of amides is 1. The van der Waals surface area contributed by atoms with E-state index in [9.17, 15) is 17.6 Å². The zero-order chi connectivity index (χ0) is 22.9. The largest absolute Gasteiger partial charge is 0.494 e. The average molecular weight is 496 g/mol. The molecule has 1 aliphatic rings. The molecule has 1 amide bonds. The summed E-state index contributed by atoms with van der Waals surface area (Å²) < 4.78 is 45.9. The second-order valence-electron chi connectivity index (χ2n) is 7.09. The van der Waals surface area contributed by atoms with Crippen LogP contribution in [-0.2, 0) is 10.0 Å². The van der Waals surface area contributed by atoms with Crippen molar-refractivity contribution in [3.05, 3.63) is 58.2 Å². The third-order valence-electron chi connectivity index (χ3n) is 5.06. The van der Waals surface area contributed by atoms with Gasteiger partial charge in [-0.05, 0) is 49.2 Å². The average Bonchev–Trinajstić information content (AvgIpc) is 3.46. The Balaban J connectivity index is 1.55. The van der Waals surface area contributed by atoms with Gasteiger partial charge in [0, 0.05) is 24.0 Å². The number of nitrogens with zero attached hydrogens (tertiary/aromatic N) is 2. The zero-order valence-electron chi connectivity index (χ0n) is 17.0. The summed E-state index contributed by atoms with van der Waals surface area (Å²) in [5.74, 6) is -0.988. The van der Waals surface area contributed by atoms with Crippen LogP contribution in [0.15, 0.2) is 46.7 Å². The van der Waals surface area contributed by atoms with Gasteiger partial charge in [-0.15, -0.1) is 11.3 Å². The number of sulfonamides is 1. The monoisotopic (exact) mass is 495 g/mol. The highest BCUT2D eigenvalue weighted by Crippen LogP contribution is 2.30. The maximum Gasteiger partial charge on any atom is 0.259 e. The van der Waals surface area contributed by atoms with Crippen LogP contribution in [0.5, 0.6) is 5.75 Å². The molecule has 0 atom stereocenters. The smallest absolute Gasteiger partial charge is 0.259 e. The van der Waals surface area contributed by atoms with Crippen LogP contribution in [0.1, 0.15) is 23.2 Å². The van der Waals surface area contributed by atoms with Crippen molar-refractivity contribution in [2.24, 2.45) is 0 Å². The number of carbonyl (C=O) groups excluding carboxylic acids is 1. The van der Waals surface area contributed by atoms with Crippen molar-refractivity contribution in [2.75, 3.05) is 25.5 Å². The molecule has 1 fully saturated rings. The van der Waals surface area contributed by atoms with Crippen molar-refractivity contribution in [2.45, 2.75) is 17.7 Å². The lowest BCUT2D eigenvalue weighted by molar-refractivity contribution is 0.102. The first-order valence-corrected chi connectivity index (χ1v) is 12.4. The molecule has 0 aliphatic carbocycles. The minimum Gasteiger partial charge on any atom is -0.494 e. The van der Waals surface area contributed by atoms with Gasteiger partial charge in [0.2, 0.25) is 10.0 Å². The highest BCUT2D eigenvalue weighted by atomic mass is 35.5. The Bertz CT molecular complexity index is 1270. The Labute approximate surface area is 193 Å². The highest BCUT2D eigenvalue weighted by Gasteiger charge is 2.28. The van der Waals surface area contributed by atoms with Crippen LogP contribution in [0.2, 0.25) is 5.02 Å². The molecule has 1 saturated heterocycles. The maximum absolute atomic E-state index is 14.0. The molecule has 7 nitrogen and oxygen atoms in total. The predicted molar refractivity (Wildman–Crippen MR) is 121 cm³/mol. The molecule has 0 saturated carbocycles. The maximum atomic E-state index is 14.0. The van der Waals surface area contributed by atoms with Crippen LogP contribution >= 0.6 is 22.9 Å². The van der Waals surface area contributed by atoms with E-state index in [1.165, 1.54) is 41.7 Å². The number of benzene rings is 2. The first-order chi connectivity index (χ1) is 15.3. The Morgan fingerprint density at radius 2 is 1.97 bits per heavy atom. The van der Waals surface area contributed by atoms with Crippen molar-refractivity contribution >= 4 is 44.0 Å². The van der Waals surface area contributed by atoms with E-state index in [0.29, 0.717) is 24.3 Å². The second kappa shape index (κ2) is 9.14. The van der Waals surface area contributed by atoms with E-state index in [0.717, 1.165) is 24.2 Å². The van der Waals surface area contributed by atoms with Gasteiger partial charge in [0.15, 0.2) is 16.7 Å². The number of thiazole rings is 1. The molecular weight excluding hydrogens is 477 g/mol. The molecular formula is C21H19ClFN3O4S2. The molecule has 0 radical (unpaired) electrons. The van der Waals surface area contributed by atoms with Crippen LogP contribution in [-0.4, -0.2) is 43.8 Å². The van der Waals surface area contributed by atoms with E-state index in [4.69, 9.17) is 16.3 Å². The van der Waals surface area contributed by atoms with E-state index in [-0.39, 0.29) is 26.4 Å². The highest BCUT2D eigenvalue weighted by molar-refractivity contribution is 7.89. The van der Waals surface area contributed by atoms with Crippen LogP contribution in [0, 0.1) is 5.82 Å². The summed E-state index contributed by atoms with van der Waals surface area (Å²) in [5, 5.41) is 4.70. The summed E-state index contributed by atoms with van der Waals surface area (Å²) in [4.78, 5) is 17.1. The molecule has 4 rings (SSSR count). The molecule has 11 heteroatoms. The minimum atomic E-state index is -3.69. The molecule has 2 aromatic carbocycles. The second-order valence-corrected chi connectivity index (χ2v) is 10.3. The minimum absolute atomic E-state index is 0.0162. The molecule has 168 valence electrons. The number of anilines is 1. The quantitative estimate of drug-likeness (QED) is 0.537. The molecule has 0 bridgehead atoms. The number of methoxy groups -OCH3 is 1. The van der Waals surface area contributed by atoms with Crippen LogP contribution < -0.4 is 10.1 Å². The van der Waals surface area contributed by atoms with Crippen molar-refractivity contribution in [1.82, 2.24) is 9.29 Å². The van der Waals surface area contributed by atoms with Gasteiger partial charge in [0.05, 0.1) is 28.3 Å². The van der Waals surface area contributed by atoms with Crippen LogP contribution in [0.4, 0.5) is 9.52 Å². The van der Waals surface area contributed by atoms with Gasteiger partial charge in [0.1, 0.15) is 0 Å². The van der Waals surface area contributed by atoms with E-state index in [1.54, 1.807) is 11.4 Å². The lowest BCUT2D eigenvalue weighted by Crippen LogP contribution is -2.28. The number of nitrogens with one attached hydrogen (secondary N) is 1. The lowest BCUT2D eigenvalue weighted by atomic mass is 10.1. The number of hydrogen-bond donors (Lipinski definition) is 1.